The Morgan fingerprint density at radius 2 is 1.88 bits per heavy atom. The monoisotopic (exact) mass is 472 g/mol. The predicted octanol–water partition coefficient (Wildman–Crippen LogP) is 6.04. The number of carbonyl (C=O) groups is 1. The summed E-state index contributed by atoms with van der Waals surface area (Å²) in [4.78, 5) is 25.0. The van der Waals surface area contributed by atoms with Gasteiger partial charge in [0.2, 0.25) is 5.95 Å². The van der Waals surface area contributed by atoms with E-state index in [1.807, 2.05) is 19.1 Å². The summed E-state index contributed by atoms with van der Waals surface area (Å²) in [7, 11) is 0. The van der Waals surface area contributed by atoms with E-state index in [9.17, 15) is 9.18 Å². The van der Waals surface area contributed by atoms with Crippen LogP contribution in [-0.4, -0.2) is 26.8 Å². The standard InChI is InChI=1S/C26H18ClFN4O2/c1-14-3-2-4-21(28)22(14)24-20-11-17(27)7-10-19(20)23-16(12-29-24)13-30-26(32-23)31-18-8-5-15(6-9-18)25(33)34/h2-11,13H,12H2,1H3,(H,33,34)(H,30,31,32). The van der Waals surface area contributed by atoms with Crippen LogP contribution in [0, 0.1) is 12.7 Å². The first kappa shape index (κ1) is 21.7. The van der Waals surface area contributed by atoms with Crippen molar-refractivity contribution in [3.63, 3.8) is 0 Å². The van der Waals surface area contributed by atoms with Crippen molar-refractivity contribution < 1.29 is 14.3 Å². The Morgan fingerprint density at radius 3 is 2.62 bits per heavy atom. The number of nitrogens with zero attached hydrogens (tertiary/aromatic N) is 3. The van der Waals surface area contributed by atoms with Gasteiger partial charge in [-0.3, -0.25) is 4.99 Å². The maximum Gasteiger partial charge on any atom is 0.335 e. The lowest BCUT2D eigenvalue weighted by Gasteiger charge is -2.14. The number of benzene rings is 3. The Balaban J connectivity index is 1.59. The van der Waals surface area contributed by atoms with Gasteiger partial charge in [-0.2, -0.15) is 0 Å². The third-order valence-electron chi connectivity index (χ3n) is 5.61. The zero-order valence-corrected chi connectivity index (χ0v) is 18.8. The van der Waals surface area contributed by atoms with Crippen LogP contribution in [0.3, 0.4) is 0 Å². The molecule has 3 aromatic carbocycles. The third kappa shape index (κ3) is 4.02. The molecule has 34 heavy (non-hydrogen) atoms. The summed E-state index contributed by atoms with van der Waals surface area (Å²) in [6.07, 6.45) is 1.69. The number of aromatic nitrogens is 2. The molecule has 0 atom stereocenters. The van der Waals surface area contributed by atoms with Crippen molar-refractivity contribution >= 4 is 34.9 Å². The van der Waals surface area contributed by atoms with Crippen LogP contribution in [0.2, 0.25) is 5.02 Å². The van der Waals surface area contributed by atoms with E-state index in [2.05, 4.69) is 10.3 Å². The molecule has 2 heterocycles. The highest BCUT2D eigenvalue weighted by Crippen LogP contribution is 2.34. The molecule has 1 aliphatic rings. The quantitative estimate of drug-likeness (QED) is 0.378. The Bertz CT molecular complexity index is 1450. The third-order valence-corrected chi connectivity index (χ3v) is 5.85. The molecule has 1 aliphatic heterocycles. The maximum atomic E-state index is 14.9. The average Bonchev–Trinajstić information content (AvgIpc) is 2.96. The van der Waals surface area contributed by atoms with E-state index >= 15 is 0 Å². The lowest BCUT2D eigenvalue weighted by molar-refractivity contribution is 0.0697. The molecule has 2 N–H and O–H groups in total. The van der Waals surface area contributed by atoms with Gasteiger partial charge in [-0.25, -0.2) is 19.2 Å². The number of carboxylic acid groups (broad SMARTS) is 1. The summed E-state index contributed by atoms with van der Waals surface area (Å²) < 4.78 is 14.9. The van der Waals surface area contributed by atoms with Gasteiger partial charge >= 0.3 is 5.97 Å². The first-order valence-electron chi connectivity index (χ1n) is 10.5. The topological polar surface area (TPSA) is 87.5 Å². The van der Waals surface area contributed by atoms with Gasteiger partial charge in [-0.05, 0) is 55.0 Å². The lowest BCUT2D eigenvalue weighted by atomic mass is 9.93. The van der Waals surface area contributed by atoms with Crippen molar-refractivity contribution in [1.82, 2.24) is 9.97 Å². The molecule has 0 spiro atoms. The number of nitrogens with one attached hydrogen (secondary N) is 1. The normalized spacial score (nSPS) is 12.3. The summed E-state index contributed by atoms with van der Waals surface area (Å²) in [6.45, 7) is 2.12. The van der Waals surface area contributed by atoms with E-state index in [4.69, 9.17) is 26.7 Å². The Kier molecular flexibility index (Phi) is 5.55. The summed E-state index contributed by atoms with van der Waals surface area (Å²) in [5.41, 5.74) is 5.47. The van der Waals surface area contributed by atoms with Crippen LogP contribution >= 0.6 is 11.6 Å². The minimum absolute atomic E-state index is 0.187. The fourth-order valence-corrected chi connectivity index (χ4v) is 4.13. The molecular formula is C26H18ClFN4O2. The van der Waals surface area contributed by atoms with Crippen LogP contribution in [0.15, 0.2) is 71.9 Å². The Hall–Kier alpha value is -4.10. The number of fused-ring (bicyclic) bond motifs is 3. The number of hydrogen-bond acceptors (Lipinski definition) is 5. The summed E-state index contributed by atoms with van der Waals surface area (Å²) in [6, 6.07) is 16.6. The number of hydrogen-bond donors (Lipinski definition) is 2. The van der Waals surface area contributed by atoms with Crippen molar-refractivity contribution in [2.45, 2.75) is 13.5 Å². The maximum absolute atomic E-state index is 14.9. The Morgan fingerprint density at radius 1 is 1.09 bits per heavy atom. The molecule has 0 fully saturated rings. The molecule has 0 bridgehead atoms. The largest absolute Gasteiger partial charge is 0.478 e. The smallest absolute Gasteiger partial charge is 0.335 e. The molecule has 0 saturated heterocycles. The van der Waals surface area contributed by atoms with Crippen molar-refractivity contribution in [3.8, 4) is 11.3 Å². The molecule has 0 saturated carbocycles. The van der Waals surface area contributed by atoms with Crippen LogP contribution in [0.4, 0.5) is 16.0 Å². The van der Waals surface area contributed by atoms with E-state index in [1.54, 1.807) is 36.5 Å². The van der Waals surface area contributed by atoms with Gasteiger partial charge in [0.15, 0.2) is 0 Å². The number of rotatable bonds is 4. The number of halogens is 2. The van der Waals surface area contributed by atoms with Crippen molar-refractivity contribution in [1.29, 1.82) is 0 Å². The lowest BCUT2D eigenvalue weighted by Crippen LogP contribution is -2.09. The van der Waals surface area contributed by atoms with Gasteiger partial charge < -0.3 is 10.4 Å². The van der Waals surface area contributed by atoms with E-state index < -0.39 is 5.97 Å². The van der Waals surface area contributed by atoms with Gasteiger partial charge in [0, 0.05) is 39.2 Å². The number of carboxylic acids is 1. The summed E-state index contributed by atoms with van der Waals surface area (Å²) in [5.74, 6) is -1.01. The van der Waals surface area contributed by atoms with Crippen LogP contribution in [0.25, 0.3) is 11.3 Å². The van der Waals surface area contributed by atoms with E-state index in [-0.39, 0.29) is 17.9 Å². The van der Waals surface area contributed by atoms with E-state index in [1.165, 1.54) is 18.2 Å². The van der Waals surface area contributed by atoms with Crippen LogP contribution in [-0.2, 0) is 6.54 Å². The van der Waals surface area contributed by atoms with Crippen molar-refractivity contribution in [2.24, 2.45) is 4.99 Å². The molecule has 0 aliphatic carbocycles. The first-order valence-corrected chi connectivity index (χ1v) is 10.8. The number of anilines is 2. The first-order chi connectivity index (χ1) is 16.4. The number of aryl methyl sites for hydroxylation is 1. The predicted molar refractivity (Wildman–Crippen MR) is 130 cm³/mol. The zero-order valence-electron chi connectivity index (χ0n) is 18.0. The van der Waals surface area contributed by atoms with E-state index in [0.29, 0.717) is 39.2 Å². The zero-order chi connectivity index (χ0) is 23.8. The van der Waals surface area contributed by atoms with Gasteiger partial charge in [-0.15, -0.1) is 0 Å². The fraction of sp³-hybridized carbons (Fsp3) is 0.0769. The molecule has 0 amide bonds. The minimum Gasteiger partial charge on any atom is -0.478 e. The second-order valence-corrected chi connectivity index (χ2v) is 8.30. The highest BCUT2D eigenvalue weighted by atomic mass is 35.5. The van der Waals surface area contributed by atoms with Gasteiger partial charge in [0.25, 0.3) is 0 Å². The fourth-order valence-electron chi connectivity index (χ4n) is 3.95. The highest BCUT2D eigenvalue weighted by molar-refractivity contribution is 6.31. The average molecular weight is 473 g/mol. The molecule has 5 rings (SSSR count). The number of aliphatic imine (C=N–C) groups is 1. The second-order valence-electron chi connectivity index (χ2n) is 7.86. The molecule has 4 aromatic rings. The van der Waals surface area contributed by atoms with Crippen LogP contribution in [0.1, 0.15) is 32.6 Å². The molecule has 8 heteroatoms. The van der Waals surface area contributed by atoms with Gasteiger partial charge in [-0.1, -0.05) is 29.8 Å². The van der Waals surface area contributed by atoms with Crippen molar-refractivity contribution in [2.75, 3.05) is 5.32 Å². The minimum atomic E-state index is -0.996. The SMILES string of the molecule is Cc1cccc(F)c1C1=NCc2cnc(Nc3ccc(C(=O)O)cc3)nc2-c2ccc(Cl)cc21. The van der Waals surface area contributed by atoms with Crippen molar-refractivity contribution in [3.05, 3.63) is 106 Å². The number of aromatic carboxylic acids is 1. The molecule has 6 nitrogen and oxygen atoms in total. The Labute approximate surface area is 199 Å². The highest BCUT2D eigenvalue weighted by Gasteiger charge is 2.24. The van der Waals surface area contributed by atoms with E-state index in [0.717, 1.165) is 16.7 Å². The molecular weight excluding hydrogens is 455 g/mol. The molecule has 0 radical (unpaired) electrons. The second kappa shape index (κ2) is 8.68. The summed E-state index contributed by atoms with van der Waals surface area (Å²) in [5, 5.41) is 12.7. The van der Waals surface area contributed by atoms with Crippen LogP contribution in [0.5, 0.6) is 0 Å². The van der Waals surface area contributed by atoms with Gasteiger partial charge in [0.1, 0.15) is 5.82 Å². The van der Waals surface area contributed by atoms with Crippen LogP contribution < -0.4 is 5.32 Å². The molecule has 168 valence electrons. The summed E-state index contributed by atoms with van der Waals surface area (Å²) >= 11 is 6.33. The molecule has 0 unspecified atom stereocenters. The molecule has 1 aromatic heterocycles. The van der Waals surface area contributed by atoms with Gasteiger partial charge in [0.05, 0.1) is 23.5 Å².